The highest BCUT2D eigenvalue weighted by Crippen LogP contribution is 2.28. The Labute approximate surface area is 102 Å². The van der Waals surface area contributed by atoms with E-state index < -0.39 is 11.6 Å². The van der Waals surface area contributed by atoms with Gasteiger partial charge in [-0.3, -0.25) is 4.79 Å². The van der Waals surface area contributed by atoms with Crippen LogP contribution in [0.15, 0.2) is 29.2 Å². The number of allylic oxidation sites excluding steroid dienone is 1. The summed E-state index contributed by atoms with van der Waals surface area (Å²) in [6.45, 7) is 0. The van der Waals surface area contributed by atoms with Gasteiger partial charge in [-0.1, -0.05) is 6.08 Å². The van der Waals surface area contributed by atoms with Crippen LogP contribution in [0.2, 0.25) is 0 Å². The molecule has 0 unspecified atom stereocenters. The van der Waals surface area contributed by atoms with Crippen LogP contribution in [0.1, 0.15) is 6.42 Å². The average Bonchev–Trinajstić information content (AvgIpc) is 2.80. The number of nitrogens with zero attached hydrogens (tertiary/aromatic N) is 1. The summed E-state index contributed by atoms with van der Waals surface area (Å²) in [5.41, 5.74) is 0.0878. The number of anilines is 1. The van der Waals surface area contributed by atoms with E-state index in [9.17, 15) is 13.6 Å². The lowest BCUT2D eigenvalue weighted by molar-refractivity contribution is -0.114. The highest BCUT2D eigenvalue weighted by atomic mass is 32.2. The lowest BCUT2D eigenvalue weighted by Crippen LogP contribution is -2.27. The fourth-order valence-electron chi connectivity index (χ4n) is 1.59. The van der Waals surface area contributed by atoms with Gasteiger partial charge in [-0.25, -0.2) is 8.78 Å². The number of amides is 1. The van der Waals surface area contributed by atoms with E-state index in [1.54, 1.807) is 0 Å². The van der Waals surface area contributed by atoms with Crippen molar-refractivity contribution >= 4 is 23.4 Å². The van der Waals surface area contributed by atoms with Crippen LogP contribution in [0.5, 0.6) is 0 Å². The molecule has 1 heterocycles. The van der Waals surface area contributed by atoms with Gasteiger partial charge in [-0.2, -0.15) is 0 Å². The van der Waals surface area contributed by atoms with Crippen LogP contribution >= 0.6 is 11.8 Å². The molecule has 2 nitrogen and oxygen atoms in total. The highest BCUT2D eigenvalue weighted by molar-refractivity contribution is 8.04. The van der Waals surface area contributed by atoms with Crippen LogP contribution in [-0.2, 0) is 4.79 Å². The predicted molar refractivity (Wildman–Crippen MR) is 64.9 cm³/mol. The van der Waals surface area contributed by atoms with E-state index in [0.717, 1.165) is 24.3 Å². The summed E-state index contributed by atoms with van der Waals surface area (Å²) in [6.07, 6.45) is 2.69. The third kappa shape index (κ3) is 2.49. The lowest BCUT2D eigenvalue weighted by Gasteiger charge is -2.18. The number of rotatable bonds is 2. The summed E-state index contributed by atoms with van der Waals surface area (Å²) in [6, 6.07) is 3.18. The van der Waals surface area contributed by atoms with Gasteiger partial charge >= 0.3 is 0 Å². The van der Waals surface area contributed by atoms with Crippen LogP contribution in [0.3, 0.4) is 0 Å². The van der Waals surface area contributed by atoms with Gasteiger partial charge in [0.1, 0.15) is 11.6 Å². The molecule has 0 aromatic heterocycles. The summed E-state index contributed by atoms with van der Waals surface area (Å²) in [4.78, 5) is 13.8. The Balaban J connectivity index is 2.24. The second kappa shape index (κ2) is 4.87. The number of benzene rings is 1. The lowest BCUT2D eigenvalue weighted by atomic mass is 10.2. The van der Waals surface area contributed by atoms with E-state index in [1.807, 2.05) is 6.08 Å². The summed E-state index contributed by atoms with van der Waals surface area (Å²) in [7, 11) is 1.48. The maximum atomic E-state index is 13.5. The Kier molecular flexibility index (Phi) is 3.47. The van der Waals surface area contributed by atoms with Crippen molar-refractivity contribution in [2.45, 2.75) is 6.42 Å². The third-order valence-corrected chi connectivity index (χ3v) is 3.58. The molecule has 1 aromatic carbocycles. The maximum absolute atomic E-state index is 13.5. The Morgan fingerprint density at radius 2 is 2.18 bits per heavy atom. The molecule has 90 valence electrons. The molecule has 5 heteroatoms. The van der Waals surface area contributed by atoms with Gasteiger partial charge in [0.25, 0.3) is 5.91 Å². The number of halogens is 2. The van der Waals surface area contributed by atoms with E-state index in [2.05, 4.69) is 0 Å². The van der Waals surface area contributed by atoms with E-state index >= 15 is 0 Å². The summed E-state index contributed by atoms with van der Waals surface area (Å²) in [5, 5.41) is 0. The molecule has 0 saturated heterocycles. The van der Waals surface area contributed by atoms with Crippen molar-refractivity contribution in [2.24, 2.45) is 0 Å². The quantitative estimate of drug-likeness (QED) is 0.809. The van der Waals surface area contributed by atoms with Gasteiger partial charge in [-0.15, -0.1) is 11.8 Å². The molecule has 0 saturated carbocycles. The van der Waals surface area contributed by atoms with E-state index in [0.29, 0.717) is 4.91 Å². The Morgan fingerprint density at radius 1 is 1.41 bits per heavy atom. The minimum atomic E-state index is -0.732. The minimum absolute atomic E-state index is 0.0878. The molecule has 1 aliphatic heterocycles. The van der Waals surface area contributed by atoms with Crippen molar-refractivity contribution in [3.8, 4) is 0 Å². The zero-order valence-corrected chi connectivity index (χ0v) is 10.1. The minimum Gasteiger partial charge on any atom is -0.308 e. The van der Waals surface area contributed by atoms with Crippen molar-refractivity contribution < 1.29 is 13.6 Å². The Morgan fingerprint density at radius 3 is 2.76 bits per heavy atom. The van der Waals surface area contributed by atoms with Crippen molar-refractivity contribution in [1.29, 1.82) is 0 Å². The number of likely N-dealkylation sites (N-methyl/N-ethyl adjacent to an activating group) is 1. The SMILES string of the molecule is CN(C(=O)C1=CCCS1)c1ccc(F)cc1F. The molecule has 0 aliphatic carbocycles. The van der Waals surface area contributed by atoms with Gasteiger partial charge in [0, 0.05) is 18.9 Å². The van der Waals surface area contributed by atoms with Crippen molar-refractivity contribution in [3.05, 3.63) is 40.8 Å². The standard InChI is InChI=1S/C12H11F2NOS/c1-15(12(16)11-3-2-6-17-11)10-5-4-8(13)7-9(10)14/h3-5,7H,2,6H2,1H3. The molecular formula is C12H11F2NOS. The van der Waals surface area contributed by atoms with Gasteiger partial charge in [0.05, 0.1) is 10.6 Å². The average molecular weight is 255 g/mol. The first kappa shape index (κ1) is 12.1. The highest BCUT2D eigenvalue weighted by Gasteiger charge is 2.21. The zero-order valence-electron chi connectivity index (χ0n) is 9.24. The van der Waals surface area contributed by atoms with Crippen LogP contribution in [0.4, 0.5) is 14.5 Å². The smallest absolute Gasteiger partial charge is 0.264 e. The molecule has 0 atom stereocenters. The third-order valence-electron chi connectivity index (χ3n) is 2.49. The largest absolute Gasteiger partial charge is 0.308 e. The molecule has 1 aliphatic rings. The summed E-state index contributed by atoms with van der Waals surface area (Å²) >= 11 is 1.46. The van der Waals surface area contributed by atoms with E-state index in [-0.39, 0.29) is 11.6 Å². The second-order valence-electron chi connectivity index (χ2n) is 3.67. The normalized spacial score (nSPS) is 14.6. The van der Waals surface area contributed by atoms with Crippen molar-refractivity contribution in [3.63, 3.8) is 0 Å². The zero-order chi connectivity index (χ0) is 12.4. The van der Waals surface area contributed by atoms with Crippen LogP contribution in [0.25, 0.3) is 0 Å². The fraction of sp³-hybridized carbons (Fsp3) is 0.250. The molecule has 0 bridgehead atoms. The molecule has 2 rings (SSSR count). The molecule has 0 radical (unpaired) electrons. The number of hydrogen-bond acceptors (Lipinski definition) is 2. The predicted octanol–water partition coefficient (Wildman–Crippen LogP) is 2.95. The van der Waals surface area contributed by atoms with Gasteiger partial charge in [0.2, 0.25) is 0 Å². The molecule has 17 heavy (non-hydrogen) atoms. The number of hydrogen-bond donors (Lipinski definition) is 0. The summed E-state index contributed by atoms with van der Waals surface area (Å²) < 4.78 is 26.2. The van der Waals surface area contributed by atoms with Crippen LogP contribution in [-0.4, -0.2) is 18.7 Å². The van der Waals surface area contributed by atoms with Crippen molar-refractivity contribution in [2.75, 3.05) is 17.7 Å². The Bertz CT molecular complexity index is 487. The van der Waals surface area contributed by atoms with Gasteiger partial charge < -0.3 is 4.90 Å². The second-order valence-corrected chi connectivity index (χ2v) is 4.80. The Hall–Kier alpha value is -1.36. The van der Waals surface area contributed by atoms with Crippen LogP contribution < -0.4 is 4.90 Å². The number of carbonyl (C=O) groups excluding carboxylic acids is 1. The van der Waals surface area contributed by atoms with Crippen LogP contribution in [0, 0.1) is 11.6 Å². The van der Waals surface area contributed by atoms with E-state index in [4.69, 9.17) is 0 Å². The fourth-order valence-corrected chi connectivity index (χ4v) is 2.55. The molecule has 1 aromatic rings. The topological polar surface area (TPSA) is 20.3 Å². The molecular weight excluding hydrogens is 244 g/mol. The molecule has 0 N–H and O–H groups in total. The summed E-state index contributed by atoms with van der Waals surface area (Å²) in [5.74, 6) is -0.759. The first-order chi connectivity index (χ1) is 8.09. The van der Waals surface area contributed by atoms with Gasteiger partial charge in [0.15, 0.2) is 0 Å². The molecule has 0 spiro atoms. The first-order valence-corrected chi connectivity index (χ1v) is 6.14. The maximum Gasteiger partial charge on any atom is 0.264 e. The molecule has 1 amide bonds. The first-order valence-electron chi connectivity index (χ1n) is 5.15. The monoisotopic (exact) mass is 255 g/mol. The molecule has 0 fully saturated rings. The van der Waals surface area contributed by atoms with E-state index in [1.165, 1.54) is 29.8 Å². The van der Waals surface area contributed by atoms with Crippen molar-refractivity contribution in [1.82, 2.24) is 0 Å². The number of thioether (sulfide) groups is 1. The van der Waals surface area contributed by atoms with Gasteiger partial charge in [-0.05, 0) is 18.6 Å². The number of carbonyl (C=O) groups is 1.